The van der Waals surface area contributed by atoms with E-state index in [-0.39, 0.29) is 31.2 Å². The van der Waals surface area contributed by atoms with Crippen molar-refractivity contribution < 1.29 is 36.7 Å². The first kappa shape index (κ1) is 29.2. The molecule has 0 saturated carbocycles. The van der Waals surface area contributed by atoms with Crippen LogP contribution in [0.1, 0.15) is 48.0 Å². The number of halogens is 1. The van der Waals surface area contributed by atoms with Gasteiger partial charge in [0.15, 0.2) is 16.1 Å². The Balaban J connectivity index is 1.41. The van der Waals surface area contributed by atoms with Crippen LogP contribution in [0.3, 0.4) is 0 Å². The van der Waals surface area contributed by atoms with Crippen LogP contribution in [0, 0.1) is 5.82 Å². The van der Waals surface area contributed by atoms with Crippen LogP contribution in [0.25, 0.3) is 0 Å². The number of rotatable bonds is 8. The zero-order chi connectivity index (χ0) is 28.9. The van der Waals surface area contributed by atoms with E-state index < -0.39 is 39.0 Å². The lowest BCUT2D eigenvalue weighted by atomic mass is 9.90. The van der Waals surface area contributed by atoms with Crippen LogP contribution in [-0.2, 0) is 29.0 Å². The van der Waals surface area contributed by atoms with Gasteiger partial charge in [-0.3, -0.25) is 9.59 Å². The molecule has 12 heteroatoms. The Bertz CT molecular complexity index is 1440. The van der Waals surface area contributed by atoms with Crippen molar-refractivity contribution in [2.45, 2.75) is 43.1 Å². The topological polar surface area (TPSA) is 111 Å². The highest BCUT2D eigenvalue weighted by Gasteiger charge is 2.49. The van der Waals surface area contributed by atoms with Crippen molar-refractivity contribution in [1.29, 1.82) is 0 Å². The fourth-order valence-electron chi connectivity index (χ4n) is 5.10. The molecule has 0 aliphatic carbocycles. The minimum Gasteiger partial charge on any atom is -0.457 e. The van der Waals surface area contributed by atoms with E-state index in [2.05, 4.69) is 5.48 Å². The molecule has 2 atom stereocenters. The zero-order valence-corrected chi connectivity index (χ0v) is 23.9. The zero-order valence-electron chi connectivity index (χ0n) is 22.3. The van der Waals surface area contributed by atoms with Gasteiger partial charge in [-0.2, -0.15) is 11.3 Å². The van der Waals surface area contributed by atoms with Crippen molar-refractivity contribution in [1.82, 2.24) is 10.4 Å². The van der Waals surface area contributed by atoms with Crippen LogP contribution in [0.2, 0.25) is 0 Å². The number of hydroxylamine groups is 1. The molecule has 2 aliphatic heterocycles. The molecule has 2 aliphatic rings. The lowest BCUT2D eigenvalue weighted by Crippen LogP contribution is -2.43. The van der Waals surface area contributed by atoms with Gasteiger partial charge in [0, 0.05) is 31.5 Å². The van der Waals surface area contributed by atoms with E-state index in [1.165, 1.54) is 40.5 Å². The second-order valence-corrected chi connectivity index (χ2v) is 13.3. The molecular weight excluding hydrogens is 571 g/mol. The minimum absolute atomic E-state index is 0.0106. The quantitative estimate of drug-likeness (QED) is 0.369. The van der Waals surface area contributed by atoms with Crippen molar-refractivity contribution in [3.8, 4) is 11.5 Å². The van der Waals surface area contributed by atoms with E-state index in [4.69, 9.17) is 14.3 Å². The molecule has 41 heavy (non-hydrogen) atoms. The largest absolute Gasteiger partial charge is 0.457 e. The van der Waals surface area contributed by atoms with Crippen molar-refractivity contribution in [3.05, 3.63) is 82.3 Å². The van der Waals surface area contributed by atoms with Crippen LogP contribution in [-0.4, -0.2) is 56.9 Å². The van der Waals surface area contributed by atoms with E-state index >= 15 is 0 Å². The summed E-state index contributed by atoms with van der Waals surface area (Å²) >= 11 is 1.39. The highest BCUT2D eigenvalue weighted by Crippen LogP contribution is 2.41. The van der Waals surface area contributed by atoms with Crippen LogP contribution in [0.15, 0.2) is 65.4 Å². The number of carbonyl (C=O) groups excluding carboxylic acids is 2. The Morgan fingerprint density at radius 1 is 1.05 bits per heavy atom. The average molecular weight is 603 g/mol. The SMILES string of the molecule is O=C(CC1(c2ccc(Oc3ccc(F)cc3)cc2)CCN(C(=O)c2ccsc2)CCS1(=O)=O)NOC1CCCCO1. The van der Waals surface area contributed by atoms with Gasteiger partial charge in [-0.1, -0.05) is 12.1 Å². The summed E-state index contributed by atoms with van der Waals surface area (Å²) in [5.74, 6) is -0.721. The molecule has 2 unspecified atom stereocenters. The van der Waals surface area contributed by atoms with E-state index in [0.717, 1.165) is 12.8 Å². The van der Waals surface area contributed by atoms with Crippen molar-refractivity contribution in [3.63, 3.8) is 0 Å². The Hall–Kier alpha value is -3.32. The van der Waals surface area contributed by atoms with E-state index in [0.29, 0.717) is 35.7 Å². The molecule has 2 fully saturated rings. The van der Waals surface area contributed by atoms with E-state index in [1.807, 2.05) is 0 Å². The Labute approximate surface area is 242 Å². The van der Waals surface area contributed by atoms with Gasteiger partial charge in [0.2, 0.25) is 5.91 Å². The lowest BCUT2D eigenvalue weighted by molar-refractivity contribution is -0.200. The number of hydrogen-bond acceptors (Lipinski definition) is 8. The number of nitrogens with zero attached hydrogens (tertiary/aromatic N) is 1. The Kier molecular flexibility index (Phi) is 9.03. The van der Waals surface area contributed by atoms with Crippen LogP contribution >= 0.6 is 11.3 Å². The summed E-state index contributed by atoms with van der Waals surface area (Å²) < 4.78 is 50.9. The second kappa shape index (κ2) is 12.7. The summed E-state index contributed by atoms with van der Waals surface area (Å²) in [5, 5.41) is 3.52. The number of amides is 2. The van der Waals surface area contributed by atoms with Crippen molar-refractivity contribution >= 4 is 33.0 Å². The summed E-state index contributed by atoms with van der Waals surface area (Å²) in [5.41, 5.74) is 3.30. The third-order valence-corrected chi connectivity index (χ3v) is 10.6. The summed E-state index contributed by atoms with van der Waals surface area (Å²) in [6, 6.07) is 13.7. The highest BCUT2D eigenvalue weighted by atomic mass is 32.2. The molecule has 5 rings (SSSR count). The van der Waals surface area contributed by atoms with Gasteiger partial charge in [0.05, 0.1) is 17.7 Å². The Morgan fingerprint density at radius 3 is 2.44 bits per heavy atom. The highest BCUT2D eigenvalue weighted by molar-refractivity contribution is 7.92. The second-order valence-electron chi connectivity index (χ2n) is 10.1. The predicted molar refractivity (Wildman–Crippen MR) is 151 cm³/mol. The van der Waals surface area contributed by atoms with Gasteiger partial charge in [-0.25, -0.2) is 23.1 Å². The van der Waals surface area contributed by atoms with Crippen LogP contribution in [0.4, 0.5) is 4.39 Å². The molecule has 3 heterocycles. The number of hydrogen-bond donors (Lipinski definition) is 1. The summed E-state index contributed by atoms with van der Waals surface area (Å²) in [6.07, 6.45) is 1.46. The summed E-state index contributed by atoms with van der Waals surface area (Å²) in [4.78, 5) is 33.2. The predicted octanol–water partition coefficient (Wildman–Crippen LogP) is 4.80. The Morgan fingerprint density at radius 2 is 1.78 bits per heavy atom. The van der Waals surface area contributed by atoms with Crippen LogP contribution < -0.4 is 10.2 Å². The van der Waals surface area contributed by atoms with Gasteiger partial charge < -0.3 is 14.4 Å². The van der Waals surface area contributed by atoms with Crippen molar-refractivity contribution in [2.24, 2.45) is 0 Å². The number of sulfone groups is 1. The first-order chi connectivity index (χ1) is 19.8. The molecular formula is C29H31FN2O7S2. The van der Waals surface area contributed by atoms with Gasteiger partial charge >= 0.3 is 0 Å². The normalized spacial score (nSPS) is 22.5. The number of benzene rings is 2. The molecule has 2 saturated heterocycles. The smallest absolute Gasteiger partial charge is 0.254 e. The average Bonchev–Trinajstić information content (AvgIpc) is 3.48. The summed E-state index contributed by atoms with van der Waals surface area (Å²) in [6.45, 7) is 0.680. The maximum atomic E-state index is 14.0. The maximum absolute atomic E-state index is 14.0. The summed E-state index contributed by atoms with van der Waals surface area (Å²) in [7, 11) is -3.95. The third-order valence-electron chi connectivity index (χ3n) is 7.38. The van der Waals surface area contributed by atoms with Crippen molar-refractivity contribution in [2.75, 3.05) is 25.4 Å². The van der Waals surface area contributed by atoms with Gasteiger partial charge in [-0.15, -0.1) is 0 Å². The first-order valence-corrected chi connectivity index (χ1v) is 16.0. The molecule has 2 amide bonds. The monoisotopic (exact) mass is 602 g/mol. The number of thiophene rings is 1. The molecule has 1 aromatic heterocycles. The third kappa shape index (κ3) is 6.78. The fraction of sp³-hybridized carbons (Fsp3) is 0.379. The number of nitrogens with one attached hydrogen (secondary N) is 1. The molecule has 9 nitrogen and oxygen atoms in total. The molecule has 0 bridgehead atoms. The minimum atomic E-state index is -3.95. The fourth-order valence-corrected chi connectivity index (χ4v) is 7.83. The molecule has 218 valence electrons. The van der Waals surface area contributed by atoms with Crippen LogP contribution in [0.5, 0.6) is 11.5 Å². The van der Waals surface area contributed by atoms with Gasteiger partial charge in [-0.05, 0) is 72.7 Å². The number of carbonyl (C=O) groups is 2. The van der Waals surface area contributed by atoms with E-state index in [1.54, 1.807) is 41.1 Å². The maximum Gasteiger partial charge on any atom is 0.254 e. The molecule has 3 aromatic rings. The van der Waals surface area contributed by atoms with Gasteiger partial charge in [0.1, 0.15) is 22.1 Å². The number of ether oxygens (including phenoxy) is 2. The van der Waals surface area contributed by atoms with E-state index in [9.17, 15) is 22.4 Å². The molecule has 2 aromatic carbocycles. The standard InChI is InChI=1S/C29H31FN2O7S2/c30-23-6-10-25(11-7-23)38-24-8-4-22(5-9-24)29(19-26(33)31-39-27-3-1-2-16-37-27)13-14-32(15-18-41(29,35)36)28(34)21-12-17-40-20-21/h4-12,17,20,27H,1-3,13-16,18-19H2,(H,31,33). The first-order valence-electron chi connectivity index (χ1n) is 13.4. The lowest BCUT2D eigenvalue weighted by Gasteiger charge is -2.32. The molecule has 0 radical (unpaired) electrons. The van der Waals surface area contributed by atoms with Gasteiger partial charge in [0.25, 0.3) is 5.91 Å². The molecule has 0 spiro atoms. The molecule has 1 N–H and O–H groups in total.